The number of aliphatic hydroxyl groups excluding tert-OH is 1. The first-order chi connectivity index (χ1) is 9.27. The van der Waals surface area contributed by atoms with Crippen LogP contribution in [-0.4, -0.2) is 50.6 Å². The molecule has 0 saturated carbocycles. The lowest BCUT2D eigenvalue weighted by molar-refractivity contribution is 0.0703. The molecule has 0 spiro atoms. The van der Waals surface area contributed by atoms with Gasteiger partial charge in [-0.15, -0.1) is 0 Å². The van der Waals surface area contributed by atoms with Gasteiger partial charge in [-0.3, -0.25) is 4.79 Å². The van der Waals surface area contributed by atoms with Crippen LogP contribution in [0.2, 0.25) is 0 Å². The van der Waals surface area contributed by atoms with Crippen LogP contribution >= 0.6 is 0 Å². The Morgan fingerprint density at radius 1 is 1.35 bits per heavy atom. The van der Waals surface area contributed by atoms with Crippen LogP contribution in [0.1, 0.15) is 24.2 Å². The van der Waals surface area contributed by atoms with Gasteiger partial charge < -0.3 is 10.0 Å². The summed E-state index contributed by atoms with van der Waals surface area (Å²) < 4.78 is 25.9. The Kier molecular flexibility index (Phi) is 5.67. The zero-order valence-electron chi connectivity index (χ0n) is 11.8. The maximum Gasteiger partial charge on any atom is 0.253 e. The van der Waals surface area contributed by atoms with Crippen LogP contribution in [0.4, 0.5) is 0 Å². The van der Waals surface area contributed by atoms with Gasteiger partial charge in [0, 0.05) is 25.7 Å². The number of carbonyl (C=O) groups excluding carboxylic acids is 1. The van der Waals surface area contributed by atoms with E-state index in [1.807, 2.05) is 0 Å². The van der Waals surface area contributed by atoms with Crippen molar-refractivity contribution in [3.8, 4) is 0 Å². The van der Waals surface area contributed by atoms with Crippen molar-refractivity contribution in [3.63, 3.8) is 0 Å². The first kappa shape index (κ1) is 16.6. The summed E-state index contributed by atoms with van der Waals surface area (Å²) in [7, 11) is -1.93. The number of hydrogen-bond acceptors (Lipinski definition) is 4. The number of nitrogens with zero attached hydrogens (tertiary/aromatic N) is 1. The largest absolute Gasteiger partial charge is 0.392 e. The number of carbonyl (C=O) groups is 1. The highest BCUT2D eigenvalue weighted by Gasteiger charge is 2.16. The van der Waals surface area contributed by atoms with Gasteiger partial charge in [-0.05, 0) is 31.2 Å². The molecule has 0 aliphatic rings. The van der Waals surface area contributed by atoms with Crippen LogP contribution < -0.4 is 4.72 Å². The molecule has 1 rings (SSSR count). The average Bonchev–Trinajstić information content (AvgIpc) is 2.37. The highest BCUT2D eigenvalue weighted by atomic mass is 32.2. The van der Waals surface area contributed by atoms with E-state index in [9.17, 15) is 18.3 Å². The van der Waals surface area contributed by atoms with Crippen molar-refractivity contribution in [3.05, 3.63) is 29.8 Å². The van der Waals surface area contributed by atoms with Crippen molar-refractivity contribution in [2.45, 2.75) is 24.8 Å². The van der Waals surface area contributed by atoms with E-state index in [-0.39, 0.29) is 17.3 Å². The van der Waals surface area contributed by atoms with Gasteiger partial charge in [0.15, 0.2) is 0 Å². The molecule has 1 aromatic carbocycles. The van der Waals surface area contributed by atoms with Gasteiger partial charge in [-0.2, -0.15) is 0 Å². The van der Waals surface area contributed by atoms with Crippen LogP contribution in [0, 0.1) is 0 Å². The quantitative estimate of drug-likeness (QED) is 0.798. The zero-order valence-corrected chi connectivity index (χ0v) is 12.6. The third-order valence-corrected chi connectivity index (χ3v) is 4.19. The Bertz CT molecular complexity index is 552. The highest BCUT2D eigenvalue weighted by Crippen LogP contribution is 2.12. The van der Waals surface area contributed by atoms with E-state index in [2.05, 4.69) is 4.72 Å². The van der Waals surface area contributed by atoms with E-state index >= 15 is 0 Å². The minimum atomic E-state index is -3.51. The number of nitrogens with one attached hydrogen (secondary N) is 1. The third-order valence-electron chi connectivity index (χ3n) is 2.63. The van der Waals surface area contributed by atoms with Crippen molar-refractivity contribution in [1.82, 2.24) is 9.62 Å². The molecule has 0 aliphatic heterocycles. The van der Waals surface area contributed by atoms with Crippen molar-refractivity contribution in [2.75, 3.05) is 20.1 Å². The molecule has 0 aliphatic carbocycles. The van der Waals surface area contributed by atoms with Crippen molar-refractivity contribution >= 4 is 15.9 Å². The summed E-state index contributed by atoms with van der Waals surface area (Å²) in [4.78, 5) is 13.5. The molecule has 0 saturated heterocycles. The maximum absolute atomic E-state index is 12.0. The van der Waals surface area contributed by atoms with E-state index in [1.165, 1.54) is 29.2 Å². The molecule has 1 amide bonds. The van der Waals surface area contributed by atoms with Crippen LogP contribution in [0.25, 0.3) is 0 Å². The van der Waals surface area contributed by atoms with E-state index in [0.717, 1.165) is 0 Å². The van der Waals surface area contributed by atoms with E-state index < -0.39 is 16.1 Å². The second kappa shape index (κ2) is 6.83. The molecule has 1 atom stereocenters. The fourth-order valence-electron chi connectivity index (χ4n) is 1.75. The van der Waals surface area contributed by atoms with Crippen LogP contribution in [0.3, 0.4) is 0 Å². The van der Waals surface area contributed by atoms with Gasteiger partial charge in [0.2, 0.25) is 10.0 Å². The van der Waals surface area contributed by atoms with Crippen LogP contribution in [0.15, 0.2) is 29.2 Å². The minimum Gasteiger partial charge on any atom is -0.392 e. The number of hydrogen-bond donors (Lipinski definition) is 2. The molecule has 0 heterocycles. The first-order valence-corrected chi connectivity index (χ1v) is 7.79. The topological polar surface area (TPSA) is 86.7 Å². The Balaban J connectivity index is 2.89. The Labute approximate surface area is 119 Å². The SMILES string of the molecule is CCNS(=O)(=O)c1ccc(C(=O)N(C)CC(C)O)cc1. The lowest BCUT2D eigenvalue weighted by Crippen LogP contribution is -2.33. The average molecular weight is 300 g/mol. The summed E-state index contributed by atoms with van der Waals surface area (Å²) in [6.45, 7) is 3.81. The molecule has 0 fully saturated rings. The van der Waals surface area contributed by atoms with Gasteiger partial charge in [0.1, 0.15) is 0 Å². The minimum absolute atomic E-state index is 0.120. The first-order valence-electron chi connectivity index (χ1n) is 6.31. The maximum atomic E-state index is 12.0. The molecule has 0 aromatic heterocycles. The third kappa shape index (κ3) is 4.29. The number of amides is 1. The number of benzene rings is 1. The Morgan fingerprint density at radius 2 is 1.90 bits per heavy atom. The Morgan fingerprint density at radius 3 is 2.35 bits per heavy atom. The van der Waals surface area contributed by atoms with Gasteiger partial charge in [-0.25, -0.2) is 13.1 Å². The van der Waals surface area contributed by atoms with Crippen molar-refractivity contribution in [2.24, 2.45) is 0 Å². The van der Waals surface area contributed by atoms with Gasteiger partial charge >= 0.3 is 0 Å². The number of rotatable bonds is 6. The number of likely N-dealkylation sites (N-methyl/N-ethyl adjacent to an activating group) is 1. The summed E-state index contributed by atoms with van der Waals surface area (Å²) >= 11 is 0. The van der Waals surface area contributed by atoms with E-state index in [1.54, 1.807) is 20.9 Å². The summed E-state index contributed by atoms with van der Waals surface area (Å²) in [5.74, 6) is -0.265. The van der Waals surface area contributed by atoms with Crippen molar-refractivity contribution in [1.29, 1.82) is 0 Å². The molecular weight excluding hydrogens is 280 g/mol. The Hall–Kier alpha value is -1.44. The predicted molar refractivity (Wildman–Crippen MR) is 75.9 cm³/mol. The fraction of sp³-hybridized carbons (Fsp3) is 0.462. The molecule has 20 heavy (non-hydrogen) atoms. The van der Waals surface area contributed by atoms with Crippen molar-refractivity contribution < 1.29 is 18.3 Å². The smallest absolute Gasteiger partial charge is 0.253 e. The molecule has 1 aromatic rings. The van der Waals surface area contributed by atoms with Crippen LogP contribution in [-0.2, 0) is 10.0 Å². The molecule has 6 nitrogen and oxygen atoms in total. The lowest BCUT2D eigenvalue weighted by Gasteiger charge is -2.18. The predicted octanol–water partition coefficient (Wildman–Crippen LogP) is 0.438. The summed E-state index contributed by atoms with van der Waals surface area (Å²) in [5.41, 5.74) is 0.378. The molecule has 112 valence electrons. The molecular formula is C13H20N2O4S. The molecule has 2 N–H and O–H groups in total. The molecule has 1 unspecified atom stereocenters. The molecule has 7 heteroatoms. The van der Waals surface area contributed by atoms with E-state index in [4.69, 9.17) is 0 Å². The number of sulfonamides is 1. The molecule has 0 bridgehead atoms. The van der Waals surface area contributed by atoms with Gasteiger partial charge in [-0.1, -0.05) is 6.92 Å². The van der Waals surface area contributed by atoms with E-state index in [0.29, 0.717) is 12.1 Å². The normalized spacial score (nSPS) is 13.0. The highest BCUT2D eigenvalue weighted by molar-refractivity contribution is 7.89. The number of aliphatic hydroxyl groups is 1. The van der Waals surface area contributed by atoms with Gasteiger partial charge in [0.25, 0.3) is 5.91 Å². The molecule has 0 radical (unpaired) electrons. The second-order valence-electron chi connectivity index (χ2n) is 4.56. The lowest BCUT2D eigenvalue weighted by atomic mass is 10.2. The van der Waals surface area contributed by atoms with Crippen LogP contribution in [0.5, 0.6) is 0 Å². The summed E-state index contributed by atoms with van der Waals surface area (Å²) in [6, 6.07) is 5.71. The monoisotopic (exact) mass is 300 g/mol. The summed E-state index contributed by atoms with van der Waals surface area (Å²) in [5, 5.41) is 9.25. The second-order valence-corrected chi connectivity index (χ2v) is 6.33. The zero-order chi connectivity index (χ0) is 15.3. The standard InChI is InChI=1S/C13H20N2O4S/c1-4-14-20(18,19)12-7-5-11(6-8-12)13(17)15(3)9-10(2)16/h5-8,10,14,16H,4,9H2,1-3H3. The van der Waals surface area contributed by atoms with Gasteiger partial charge in [0.05, 0.1) is 11.0 Å². The fourth-order valence-corrected chi connectivity index (χ4v) is 2.79. The summed E-state index contributed by atoms with van der Waals surface area (Å²) in [6.07, 6.45) is -0.614.